The molecular formula is C14H20N2O2. The molecule has 4 nitrogen and oxygen atoms in total. The van der Waals surface area contributed by atoms with Gasteiger partial charge in [0.2, 0.25) is 5.91 Å². The summed E-state index contributed by atoms with van der Waals surface area (Å²) in [7, 11) is 3.61. The fourth-order valence-corrected chi connectivity index (χ4v) is 2.37. The zero-order valence-electron chi connectivity index (χ0n) is 11.0. The van der Waals surface area contributed by atoms with E-state index in [1.165, 1.54) is 6.42 Å². The molecule has 0 aromatic heterocycles. The molecule has 0 saturated carbocycles. The van der Waals surface area contributed by atoms with E-state index in [1.807, 2.05) is 31.3 Å². The van der Waals surface area contributed by atoms with Gasteiger partial charge in [-0.2, -0.15) is 0 Å². The minimum absolute atomic E-state index is 0.0244. The van der Waals surface area contributed by atoms with Gasteiger partial charge in [-0.1, -0.05) is 18.6 Å². The van der Waals surface area contributed by atoms with E-state index in [-0.39, 0.29) is 11.9 Å². The molecule has 1 aliphatic rings. The van der Waals surface area contributed by atoms with Crippen LogP contribution in [-0.4, -0.2) is 37.6 Å². The topological polar surface area (TPSA) is 41.6 Å². The third-order valence-corrected chi connectivity index (χ3v) is 3.44. The number of likely N-dealkylation sites (tertiary alicyclic amines) is 1. The van der Waals surface area contributed by atoms with Gasteiger partial charge in [-0.25, -0.2) is 0 Å². The first-order valence-electron chi connectivity index (χ1n) is 6.36. The number of likely N-dealkylation sites (N-methyl/N-ethyl adjacent to an activating group) is 1. The Morgan fingerprint density at radius 2 is 2.17 bits per heavy atom. The molecule has 2 rings (SSSR count). The molecule has 1 atom stereocenters. The first-order chi connectivity index (χ1) is 8.72. The van der Waals surface area contributed by atoms with Crippen LogP contribution in [0.5, 0.6) is 5.75 Å². The molecule has 1 saturated heterocycles. The predicted molar refractivity (Wildman–Crippen MR) is 71.9 cm³/mol. The lowest BCUT2D eigenvalue weighted by molar-refractivity contribution is -0.121. The Morgan fingerprint density at radius 1 is 1.39 bits per heavy atom. The molecule has 4 heteroatoms. The number of methoxy groups -OCH3 is 1. The number of piperidine rings is 1. The zero-order chi connectivity index (χ0) is 13.0. The molecule has 0 aliphatic carbocycles. The summed E-state index contributed by atoms with van der Waals surface area (Å²) in [4.78, 5) is 14.4. The van der Waals surface area contributed by atoms with Gasteiger partial charge in [0.25, 0.3) is 0 Å². The number of para-hydroxylation sites is 2. The van der Waals surface area contributed by atoms with Gasteiger partial charge in [0.15, 0.2) is 0 Å². The summed E-state index contributed by atoms with van der Waals surface area (Å²) in [6.45, 7) is 0.990. The average molecular weight is 248 g/mol. The SMILES string of the molecule is COc1ccccc1NC(=O)C1CCCCN1C. The van der Waals surface area contributed by atoms with Crippen LogP contribution in [0.25, 0.3) is 0 Å². The maximum Gasteiger partial charge on any atom is 0.241 e. The quantitative estimate of drug-likeness (QED) is 0.891. The van der Waals surface area contributed by atoms with Gasteiger partial charge in [-0.3, -0.25) is 9.69 Å². The molecule has 1 heterocycles. The molecule has 1 aromatic carbocycles. The van der Waals surface area contributed by atoms with Gasteiger partial charge in [-0.05, 0) is 38.6 Å². The second-order valence-corrected chi connectivity index (χ2v) is 4.68. The predicted octanol–water partition coefficient (Wildman–Crippen LogP) is 2.12. The van der Waals surface area contributed by atoms with Crippen molar-refractivity contribution in [3.05, 3.63) is 24.3 Å². The van der Waals surface area contributed by atoms with Gasteiger partial charge in [0.1, 0.15) is 5.75 Å². The van der Waals surface area contributed by atoms with E-state index in [0.29, 0.717) is 5.75 Å². The van der Waals surface area contributed by atoms with Crippen LogP contribution in [0.2, 0.25) is 0 Å². The summed E-state index contributed by atoms with van der Waals surface area (Å²) < 4.78 is 5.23. The van der Waals surface area contributed by atoms with Gasteiger partial charge >= 0.3 is 0 Å². The molecule has 98 valence electrons. The lowest BCUT2D eigenvalue weighted by Gasteiger charge is -2.31. The number of hydrogen-bond acceptors (Lipinski definition) is 3. The summed E-state index contributed by atoms with van der Waals surface area (Å²) >= 11 is 0. The molecular weight excluding hydrogens is 228 g/mol. The van der Waals surface area contributed by atoms with Crippen LogP contribution < -0.4 is 10.1 Å². The molecule has 0 radical (unpaired) electrons. The zero-order valence-corrected chi connectivity index (χ0v) is 11.0. The van der Waals surface area contributed by atoms with Crippen LogP contribution in [0, 0.1) is 0 Å². The summed E-state index contributed by atoms with van der Waals surface area (Å²) in [5, 5.41) is 2.96. The van der Waals surface area contributed by atoms with Crippen molar-refractivity contribution in [2.75, 3.05) is 26.0 Å². The Labute approximate surface area is 108 Å². The number of ether oxygens (including phenoxy) is 1. The molecule has 1 fully saturated rings. The number of hydrogen-bond donors (Lipinski definition) is 1. The van der Waals surface area contributed by atoms with Crippen LogP contribution in [0.3, 0.4) is 0 Å². The second-order valence-electron chi connectivity index (χ2n) is 4.68. The molecule has 1 aliphatic heterocycles. The monoisotopic (exact) mass is 248 g/mol. The largest absolute Gasteiger partial charge is 0.495 e. The molecule has 1 N–H and O–H groups in total. The van der Waals surface area contributed by atoms with Gasteiger partial charge < -0.3 is 10.1 Å². The first-order valence-corrected chi connectivity index (χ1v) is 6.36. The molecule has 0 bridgehead atoms. The lowest BCUT2D eigenvalue weighted by Crippen LogP contribution is -2.44. The molecule has 1 amide bonds. The Kier molecular flexibility index (Phi) is 4.20. The van der Waals surface area contributed by atoms with E-state index in [2.05, 4.69) is 10.2 Å². The van der Waals surface area contributed by atoms with Gasteiger partial charge in [0, 0.05) is 0 Å². The number of carbonyl (C=O) groups is 1. The highest BCUT2D eigenvalue weighted by Crippen LogP contribution is 2.24. The maximum atomic E-state index is 12.2. The van der Waals surface area contributed by atoms with Crippen molar-refractivity contribution in [3.63, 3.8) is 0 Å². The minimum atomic E-state index is -0.0244. The van der Waals surface area contributed by atoms with E-state index in [4.69, 9.17) is 4.74 Å². The van der Waals surface area contributed by atoms with Crippen LogP contribution in [-0.2, 0) is 4.79 Å². The Balaban J connectivity index is 2.06. The highest BCUT2D eigenvalue weighted by molar-refractivity contribution is 5.96. The summed E-state index contributed by atoms with van der Waals surface area (Å²) in [5.74, 6) is 0.756. The van der Waals surface area contributed by atoms with Crippen LogP contribution in [0.15, 0.2) is 24.3 Å². The Bertz CT molecular complexity index is 420. The highest BCUT2D eigenvalue weighted by Gasteiger charge is 2.26. The average Bonchev–Trinajstić information content (AvgIpc) is 2.39. The maximum absolute atomic E-state index is 12.2. The highest BCUT2D eigenvalue weighted by atomic mass is 16.5. The number of carbonyl (C=O) groups excluding carboxylic acids is 1. The summed E-state index contributed by atoms with van der Waals surface area (Å²) in [6, 6.07) is 7.47. The third kappa shape index (κ3) is 2.82. The molecule has 1 aromatic rings. The molecule has 1 unspecified atom stereocenters. The number of nitrogens with zero attached hydrogens (tertiary/aromatic N) is 1. The molecule has 18 heavy (non-hydrogen) atoms. The van der Waals surface area contributed by atoms with Crippen molar-refractivity contribution in [1.29, 1.82) is 0 Å². The number of benzene rings is 1. The van der Waals surface area contributed by atoms with Crippen LogP contribution >= 0.6 is 0 Å². The van der Waals surface area contributed by atoms with Crippen molar-refractivity contribution in [1.82, 2.24) is 4.90 Å². The van der Waals surface area contributed by atoms with Gasteiger partial charge in [0.05, 0.1) is 18.8 Å². The summed E-state index contributed by atoms with van der Waals surface area (Å²) in [6.07, 6.45) is 3.22. The standard InChI is InChI=1S/C14H20N2O2/c1-16-10-6-5-8-12(16)14(17)15-11-7-3-4-9-13(11)18-2/h3-4,7,9,12H,5-6,8,10H2,1-2H3,(H,15,17). The lowest BCUT2D eigenvalue weighted by atomic mass is 10.0. The van der Waals surface area contributed by atoms with Crippen LogP contribution in [0.1, 0.15) is 19.3 Å². The second kappa shape index (κ2) is 5.87. The van der Waals surface area contributed by atoms with E-state index in [1.54, 1.807) is 7.11 Å². The number of amides is 1. The Hall–Kier alpha value is -1.55. The van der Waals surface area contributed by atoms with Crippen molar-refractivity contribution >= 4 is 11.6 Å². The normalized spacial score (nSPS) is 20.4. The van der Waals surface area contributed by atoms with Crippen molar-refractivity contribution in [3.8, 4) is 5.75 Å². The minimum Gasteiger partial charge on any atom is -0.495 e. The van der Waals surface area contributed by atoms with E-state index in [9.17, 15) is 4.79 Å². The van der Waals surface area contributed by atoms with Crippen molar-refractivity contribution in [2.24, 2.45) is 0 Å². The summed E-state index contributed by atoms with van der Waals surface area (Å²) in [5.41, 5.74) is 0.740. The number of anilines is 1. The van der Waals surface area contributed by atoms with Crippen LogP contribution in [0.4, 0.5) is 5.69 Å². The van der Waals surface area contributed by atoms with Gasteiger partial charge in [-0.15, -0.1) is 0 Å². The fourth-order valence-electron chi connectivity index (χ4n) is 2.37. The van der Waals surface area contributed by atoms with E-state index < -0.39 is 0 Å². The van der Waals surface area contributed by atoms with E-state index >= 15 is 0 Å². The van der Waals surface area contributed by atoms with Crippen molar-refractivity contribution in [2.45, 2.75) is 25.3 Å². The molecule has 0 spiro atoms. The van der Waals surface area contributed by atoms with Crippen molar-refractivity contribution < 1.29 is 9.53 Å². The first kappa shape index (κ1) is 12.9. The third-order valence-electron chi connectivity index (χ3n) is 3.44. The fraction of sp³-hybridized carbons (Fsp3) is 0.500. The smallest absolute Gasteiger partial charge is 0.241 e. The number of rotatable bonds is 3. The Morgan fingerprint density at radius 3 is 2.89 bits per heavy atom. The van der Waals surface area contributed by atoms with E-state index in [0.717, 1.165) is 25.1 Å². The number of nitrogens with one attached hydrogen (secondary N) is 1.